The molecule has 0 spiro atoms. The molecule has 1 fully saturated rings. The van der Waals surface area contributed by atoms with Crippen molar-refractivity contribution in [2.24, 2.45) is 0 Å². The lowest BCUT2D eigenvalue weighted by Gasteiger charge is -2.32. The number of hydrogen-bond acceptors (Lipinski definition) is 4. The van der Waals surface area contributed by atoms with E-state index in [-0.39, 0.29) is 30.3 Å². The van der Waals surface area contributed by atoms with E-state index in [2.05, 4.69) is 15.6 Å². The van der Waals surface area contributed by atoms with Gasteiger partial charge < -0.3 is 20.4 Å². The van der Waals surface area contributed by atoms with Crippen LogP contribution < -0.4 is 10.6 Å². The maximum absolute atomic E-state index is 12.5. The molecule has 2 heterocycles. The summed E-state index contributed by atoms with van der Waals surface area (Å²) in [5, 5.41) is 5.81. The molecule has 2 aromatic rings. The number of likely N-dealkylation sites (tertiary alicyclic amines) is 1. The topological polar surface area (TPSA) is 94.6 Å². The summed E-state index contributed by atoms with van der Waals surface area (Å²) in [7, 11) is 1.73. The number of hydrogen-bond donors (Lipinski definition) is 2. The van der Waals surface area contributed by atoms with E-state index in [0.717, 1.165) is 5.56 Å². The zero-order valence-corrected chi connectivity index (χ0v) is 17.8. The highest BCUT2D eigenvalue weighted by molar-refractivity contribution is 5.94. The summed E-state index contributed by atoms with van der Waals surface area (Å²) in [6.07, 6.45) is 4.86. The number of pyridine rings is 1. The monoisotopic (exact) mass is 423 g/mol. The van der Waals surface area contributed by atoms with Crippen molar-refractivity contribution in [1.82, 2.24) is 25.4 Å². The summed E-state index contributed by atoms with van der Waals surface area (Å²) in [6.45, 7) is 2.00. The first kappa shape index (κ1) is 22.3. The van der Waals surface area contributed by atoms with Crippen LogP contribution in [0.25, 0.3) is 0 Å². The number of urea groups is 1. The Labute approximate surface area is 182 Å². The van der Waals surface area contributed by atoms with Crippen molar-refractivity contribution >= 4 is 17.8 Å². The highest BCUT2D eigenvalue weighted by Gasteiger charge is 2.24. The smallest absolute Gasteiger partial charge is 0.317 e. The van der Waals surface area contributed by atoms with Gasteiger partial charge >= 0.3 is 6.03 Å². The molecule has 8 heteroatoms. The Morgan fingerprint density at radius 1 is 1.10 bits per heavy atom. The maximum Gasteiger partial charge on any atom is 0.317 e. The number of nitrogens with zero attached hydrogens (tertiary/aromatic N) is 3. The molecule has 4 amide bonds. The van der Waals surface area contributed by atoms with Crippen molar-refractivity contribution < 1.29 is 14.4 Å². The second-order valence-electron chi connectivity index (χ2n) is 7.69. The molecule has 0 atom stereocenters. The van der Waals surface area contributed by atoms with E-state index in [1.54, 1.807) is 41.4 Å². The second kappa shape index (κ2) is 11.1. The molecule has 2 N–H and O–H groups in total. The van der Waals surface area contributed by atoms with Gasteiger partial charge in [-0.15, -0.1) is 0 Å². The van der Waals surface area contributed by atoms with Crippen LogP contribution in [0.4, 0.5) is 4.79 Å². The third kappa shape index (κ3) is 6.80. The summed E-state index contributed by atoms with van der Waals surface area (Å²) < 4.78 is 0. The van der Waals surface area contributed by atoms with Crippen molar-refractivity contribution in [3.63, 3.8) is 0 Å². The van der Waals surface area contributed by atoms with Gasteiger partial charge in [-0.2, -0.15) is 0 Å². The van der Waals surface area contributed by atoms with Crippen LogP contribution in [0.5, 0.6) is 0 Å². The Morgan fingerprint density at radius 3 is 2.52 bits per heavy atom. The van der Waals surface area contributed by atoms with Crippen LogP contribution >= 0.6 is 0 Å². The lowest BCUT2D eigenvalue weighted by atomic mass is 10.0. The standard InChI is InChI=1S/C23H29N5O3/c1-27(17-18-6-3-2-4-7-18)23(31)25-13-9-21(29)28-14-10-20(11-15-28)26-22(30)19-8-5-12-24-16-19/h2-8,12,16,20H,9-11,13-15,17H2,1H3,(H,25,31)(H,26,30). The van der Waals surface area contributed by atoms with Crippen LogP contribution in [0, 0.1) is 0 Å². The number of nitrogens with one attached hydrogen (secondary N) is 2. The molecule has 164 valence electrons. The first-order valence-corrected chi connectivity index (χ1v) is 10.5. The van der Waals surface area contributed by atoms with Crippen LogP contribution in [0.15, 0.2) is 54.9 Å². The Hall–Kier alpha value is -3.42. The second-order valence-corrected chi connectivity index (χ2v) is 7.69. The molecular weight excluding hydrogens is 394 g/mol. The van der Waals surface area contributed by atoms with Crippen LogP contribution in [0.1, 0.15) is 35.2 Å². The van der Waals surface area contributed by atoms with Crippen LogP contribution in [0.2, 0.25) is 0 Å². The van der Waals surface area contributed by atoms with Crippen LogP contribution in [-0.4, -0.2) is 65.4 Å². The largest absolute Gasteiger partial charge is 0.349 e. The SMILES string of the molecule is CN(Cc1ccccc1)C(=O)NCCC(=O)N1CCC(NC(=O)c2cccnc2)CC1. The normalized spacial score (nSPS) is 14.0. The third-order valence-electron chi connectivity index (χ3n) is 5.33. The fourth-order valence-corrected chi connectivity index (χ4v) is 3.54. The summed E-state index contributed by atoms with van der Waals surface area (Å²) in [5.74, 6) is -0.122. The lowest BCUT2D eigenvalue weighted by Crippen LogP contribution is -2.47. The van der Waals surface area contributed by atoms with Gasteiger partial charge in [-0.25, -0.2) is 4.79 Å². The molecule has 1 saturated heterocycles. The Balaban J connectivity index is 1.33. The molecule has 0 saturated carbocycles. The summed E-state index contributed by atoms with van der Waals surface area (Å²) in [4.78, 5) is 44.2. The first-order chi connectivity index (χ1) is 15.0. The molecule has 0 radical (unpaired) electrons. The Kier molecular flexibility index (Phi) is 7.98. The first-order valence-electron chi connectivity index (χ1n) is 10.5. The number of aromatic nitrogens is 1. The quantitative estimate of drug-likeness (QED) is 0.713. The van der Waals surface area contributed by atoms with E-state index in [4.69, 9.17) is 0 Å². The van der Waals surface area contributed by atoms with Gasteiger partial charge in [0.1, 0.15) is 0 Å². The molecule has 31 heavy (non-hydrogen) atoms. The molecule has 1 aromatic heterocycles. The number of carbonyl (C=O) groups is 3. The van der Waals surface area contributed by atoms with Crippen molar-refractivity contribution in [2.75, 3.05) is 26.7 Å². The minimum atomic E-state index is -0.200. The van der Waals surface area contributed by atoms with Gasteiger partial charge in [0.2, 0.25) is 5.91 Å². The number of benzene rings is 1. The molecule has 0 bridgehead atoms. The fourth-order valence-electron chi connectivity index (χ4n) is 3.54. The zero-order chi connectivity index (χ0) is 22.1. The van der Waals surface area contributed by atoms with Crippen molar-refractivity contribution in [1.29, 1.82) is 0 Å². The minimum Gasteiger partial charge on any atom is -0.349 e. The van der Waals surface area contributed by atoms with Gasteiger partial charge in [-0.1, -0.05) is 30.3 Å². The summed E-state index contributed by atoms with van der Waals surface area (Å²) in [5.41, 5.74) is 1.59. The molecule has 0 unspecified atom stereocenters. The maximum atomic E-state index is 12.5. The molecule has 3 rings (SSSR count). The predicted molar refractivity (Wildman–Crippen MR) is 117 cm³/mol. The molecule has 1 aromatic carbocycles. The lowest BCUT2D eigenvalue weighted by molar-refractivity contribution is -0.132. The van der Waals surface area contributed by atoms with Crippen LogP contribution in [-0.2, 0) is 11.3 Å². The minimum absolute atomic E-state index is 0.0167. The molecule has 1 aliphatic heterocycles. The number of carbonyl (C=O) groups excluding carboxylic acids is 3. The van der Waals surface area contributed by atoms with E-state index < -0.39 is 0 Å². The number of rotatable bonds is 7. The van der Waals surface area contributed by atoms with Gasteiger partial charge in [-0.3, -0.25) is 14.6 Å². The zero-order valence-electron chi connectivity index (χ0n) is 17.8. The molecule has 0 aliphatic carbocycles. The van der Waals surface area contributed by atoms with E-state index >= 15 is 0 Å². The van der Waals surface area contributed by atoms with Gasteiger partial charge in [-0.05, 0) is 30.5 Å². The predicted octanol–water partition coefficient (Wildman–Crippen LogP) is 2.03. The van der Waals surface area contributed by atoms with Gasteiger partial charge in [0.15, 0.2) is 0 Å². The number of amides is 4. The van der Waals surface area contributed by atoms with Gasteiger partial charge in [0.05, 0.1) is 5.56 Å². The summed E-state index contributed by atoms with van der Waals surface area (Å²) >= 11 is 0. The molecule has 1 aliphatic rings. The van der Waals surface area contributed by atoms with E-state index in [0.29, 0.717) is 44.6 Å². The summed E-state index contributed by atoms with van der Waals surface area (Å²) in [6, 6.07) is 13.1. The van der Waals surface area contributed by atoms with Crippen molar-refractivity contribution in [2.45, 2.75) is 31.8 Å². The van der Waals surface area contributed by atoms with Crippen molar-refractivity contribution in [3.05, 3.63) is 66.0 Å². The molecular formula is C23H29N5O3. The average Bonchev–Trinajstić information content (AvgIpc) is 2.80. The van der Waals surface area contributed by atoms with E-state index in [1.807, 2.05) is 30.3 Å². The Morgan fingerprint density at radius 2 is 1.84 bits per heavy atom. The number of piperidine rings is 1. The highest BCUT2D eigenvalue weighted by atomic mass is 16.2. The highest BCUT2D eigenvalue weighted by Crippen LogP contribution is 2.12. The van der Waals surface area contributed by atoms with Crippen LogP contribution in [0.3, 0.4) is 0 Å². The van der Waals surface area contributed by atoms with Crippen molar-refractivity contribution in [3.8, 4) is 0 Å². The average molecular weight is 424 g/mol. The third-order valence-corrected chi connectivity index (χ3v) is 5.33. The fraction of sp³-hybridized carbons (Fsp3) is 0.391. The van der Waals surface area contributed by atoms with E-state index in [9.17, 15) is 14.4 Å². The Bertz CT molecular complexity index is 867. The van der Waals surface area contributed by atoms with Gasteiger partial charge in [0.25, 0.3) is 5.91 Å². The van der Waals surface area contributed by atoms with E-state index in [1.165, 1.54) is 0 Å². The van der Waals surface area contributed by atoms with Gasteiger partial charge in [0, 0.05) is 58.1 Å². The molecule has 8 nitrogen and oxygen atoms in total.